The molecular weight excluding hydrogens is 284 g/mol. The fourth-order valence-electron chi connectivity index (χ4n) is 7.43. The summed E-state index contributed by atoms with van der Waals surface area (Å²) in [6.07, 6.45) is 12.5. The maximum atomic E-state index is 10.4. The molecule has 0 aromatic carbocycles. The van der Waals surface area contributed by atoms with Crippen LogP contribution in [0.3, 0.4) is 0 Å². The Morgan fingerprint density at radius 3 is 2.65 bits per heavy atom. The zero-order valence-electron chi connectivity index (χ0n) is 15.0. The Labute approximate surface area is 141 Å². The molecule has 130 valence electrons. The lowest BCUT2D eigenvalue weighted by molar-refractivity contribution is -0.0512. The summed E-state index contributed by atoms with van der Waals surface area (Å²) in [6.45, 7) is 4.81. The molecule has 0 bridgehead atoms. The van der Waals surface area contributed by atoms with Crippen molar-refractivity contribution in [1.29, 1.82) is 0 Å². The molecule has 4 aliphatic rings. The first-order chi connectivity index (χ1) is 11.0. The Morgan fingerprint density at radius 2 is 1.91 bits per heavy atom. The Morgan fingerprint density at radius 1 is 1.09 bits per heavy atom. The van der Waals surface area contributed by atoms with Gasteiger partial charge in [-0.05, 0) is 81.5 Å². The maximum Gasteiger partial charge on any atom is 0.0548 e. The Hall–Kier alpha value is -0.340. The molecule has 4 rings (SSSR count). The Balaban J connectivity index is 1.75. The average Bonchev–Trinajstić information content (AvgIpc) is 2.91. The fourth-order valence-corrected chi connectivity index (χ4v) is 7.43. The lowest BCUT2D eigenvalue weighted by Gasteiger charge is -2.56. The van der Waals surface area contributed by atoms with E-state index in [0.717, 1.165) is 12.3 Å². The number of allylic oxidation sites excluding steroid dienone is 2. The first-order valence-corrected chi connectivity index (χ1v) is 10.0. The molecule has 0 aromatic heterocycles. The molecule has 0 spiro atoms. The molecule has 3 fully saturated rings. The molecule has 0 saturated heterocycles. The van der Waals surface area contributed by atoms with E-state index in [9.17, 15) is 10.2 Å². The van der Waals surface area contributed by atoms with Gasteiger partial charge in [0, 0.05) is 12.0 Å². The van der Waals surface area contributed by atoms with Crippen LogP contribution in [0.1, 0.15) is 78.1 Å². The van der Waals surface area contributed by atoms with Crippen LogP contribution < -0.4 is 0 Å². The third kappa shape index (κ3) is 2.13. The lowest BCUT2D eigenvalue weighted by atomic mass is 9.49. The highest BCUT2D eigenvalue weighted by atomic mass is 16.3. The number of rotatable bonds is 2. The minimum Gasteiger partial charge on any atom is -0.396 e. The Bertz CT molecular complexity index is 508. The zero-order valence-corrected chi connectivity index (χ0v) is 15.0. The first kappa shape index (κ1) is 16.1. The number of fused-ring (bicyclic) bond motifs is 4. The lowest BCUT2D eigenvalue weighted by Crippen LogP contribution is -2.50. The third-order valence-corrected chi connectivity index (χ3v) is 8.56. The standard InChI is InChI=1S/C21H34O2/c1-14(23)17-8-9-18-16-7-6-15-5-3-4-11-21(15,13-22)19(16)10-12-20(17,18)2/h14-15,17,19,22-23H,3-13H2,1-2H3/t14-,15-,17+,19-,20+,21+/m0/s1. The normalized spacial score (nSPS) is 47.7. The predicted molar refractivity (Wildman–Crippen MR) is 93.0 cm³/mol. The molecule has 0 aromatic rings. The molecule has 23 heavy (non-hydrogen) atoms. The topological polar surface area (TPSA) is 40.5 Å². The van der Waals surface area contributed by atoms with E-state index in [-0.39, 0.29) is 16.9 Å². The minimum atomic E-state index is -0.188. The van der Waals surface area contributed by atoms with Gasteiger partial charge >= 0.3 is 0 Å². The highest BCUT2D eigenvalue weighted by molar-refractivity contribution is 5.35. The molecule has 2 heteroatoms. The summed E-state index contributed by atoms with van der Waals surface area (Å²) in [6, 6.07) is 0. The molecule has 0 radical (unpaired) electrons. The molecular formula is C21H34O2. The first-order valence-electron chi connectivity index (χ1n) is 10.0. The van der Waals surface area contributed by atoms with Crippen molar-refractivity contribution in [2.45, 2.75) is 84.2 Å². The van der Waals surface area contributed by atoms with Gasteiger partial charge in [-0.25, -0.2) is 0 Å². The van der Waals surface area contributed by atoms with Crippen molar-refractivity contribution in [3.8, 4) is 0 Å². The number of aliphatic hydroxyl groups is 2. The smallest absolute Gasteiger partial charge is 0.0548 e. The van der Waals surface area contributed by atoms with Crippen LogP contribution in [0.15, 0.2) is 11.1 Å². The predicted octanol–water partition coefficient (Wildman–Crippen LogP) is 4.45. The maximum absolute atomic E-state index is 10.4. The number of hydrogen-bond acceptors (Lipinski definition) is 2. The summed E-state index contributed by atoms with van der Waals surface area (Å²) in [4.78, 5) is 0. The van der Waals surface area contributed by atoms with Crippen LogP contribution in [-0.2, 0) is 0 Å². The second-order valence-corrected chi connectivity index (χ2v) is 9.27. The van der Waals surface area contributed by atoms with Gasteiger partial charge in [0.2, 0.25) is 0 Å². The van der Waals surface area contributed by atoms with Crippen molar-refractivity contribution in [3.05, 3.63) is 11.1 Å². The largest absolute Gasteiger partial charge is 0.396 e. The van der Waals surface area contributed by atoms with Crippen LogP contribution in [-0.4, -0.2) is 22.9 Å². The fraction of sp³-hybridized carbons (Fsp3) is 0.905. The van der Waals surface area contributed by atoms with E-state index < -0.39 is 0 Å². The second-order valence-electron chi connectivity index (χ2n) is 9.27. The minimum absolute atomic E-state index is 0.188. The summed E-state index contributed by atoms with van der Waals surface area (Å²) >= 11 is 0. The van der Waals surface area contributed by atoms with E-state index in [4.69, 9.17) is 0 Å². The van der Waals surface area contributed by atoms with E-state index >= 15 is 0 Å². The number of hydrogen-bond donors (Lipinski definition) is 2. The van der Waals surface area contributed by atoms with Crippen LogP contribution in [0.2, 0.25) is 0 Å². The summed E-state index contributed by atoms with van der Waals surface area (Å²) in [5.74, 6) is 1.84. The SMILES string of the molecule is C[C@H](O)[C@H]1CCC2=C3CC[C@@H]4CCCC[C@]4(CO)[C@H]3CC[C@@]21C. The molecule has 6 atom stereocenters. The van der Waals surface area contributed by atoms with E-state index in [1.165, 1.54) is 57.8 Å². The summed E-state index contributed by atoms with van der Waals surface area (Å²) in [7, 11) is 0. The van der Waals surface area contributed by atoms with Crippen molar-refractivity contribution in [3.63, 3.8) is 0 Å². The molecule has 0 heterocycles. The highest BCUT2D eigenvalue weighted by Crippen LogP contribution is 2.65. The van der Waals surface area contributed by atoms with Crippen molar-refractivity contribution in [2.75, 3.05) is 6.61 Å². The van der Waals surface area contributed by atoms with E-state index in [1.807, 2.05) is 6.92 Å². The molecule has 0 unspecified atom stereocenters. The van der Waals surface area contributed by atoms with Crippen LogP contribution in [0, 0.1) is 28.6 Å². The van der Waals surface area contributed by atoms with Crippen molar-refractivity contribution >= 4 is 0 Å². The van der Waals surface area contributed by atoms with E-state index in [0.29, 0.717) is 18.4 Å². The Kier molecular flexibility index (Phi) is 3.93. The van der Waals surface area contributed by atoms with Gasteiger partial charge in [0.25, 0.3) is 0 Å². The molecule has 2 nitrogen and oxygen atoms in total. The van der Waals surface area contributed by atoms with Crippen LogP contribution in [0.4, 0.5) is 0 Å². The van der Waals surface area contributed by atoms with Crippen molar-refractivity contribution < 1.29 is 10.2 Å². The van der Waals surface area contributed by atoms with E-state index in [2.05, 4.69) is 6.92 Å². The quantitative estimate of drug-likeness (QED) is 0.738. The van der Waals surface area contributed by atoms with Gasteiger partial charge in [-0.3, -0.25) is 0 Å². The average molecular weight is 319 g/mol. The molecule has 0 aliphatic heterocycles. The van der Waals surface area contributed by atoms with Gasteiger partial charge in [0.05, 0.1) is 6.10 Å². The van der Waals surface area contributed by atoms with Gasteiger partial charge in [-0.1, -0.05) is 30.9 Å². The van der Waals surface area contributed by atoms with Gasteiger partial charge in [-0.2, -0.15) is 0 Å². The van der Waals surface area contributed by atoms with E-state index in [1.54, 1.807) is 11.1 Å². The van der Waals surface area contributed by atoms with Crippen LogP contribution >= 0.6 is 0 Å². The monoisotopic (exact) mass is 318 g/mol. The van der Waals surface area contributed by atoms with Gasteiger partial charge in [0.15, 0.2) is 0 Å². The number of aliphatic hydroxyl groups excluding tert-OH is 2. The highest BCUT2D eigenvalue weighted by Gasteiger charge is 2.56. The molecule has 0 amide bonds. The summed E-state index contributed by atoms with van der Waals surface area (Å²) in [5, 5.41) is 20.7. The van der Waals surface area contributed by atoms with Crippen LogP contribution in [0.5, 0.6) is 0 Å². The van der Waals surface area contributed by atoms with Gasteiger partial charge in [0.1, 0.15) is 0 Å². The van der Waals surface area contributed by atoms with Gasteiger partial charge in [-0.15, -0.1) is 0 Å². The molecule has 3 saturated carbocycles. The van der Waals surface area contributed by atoms with Gasteiger partial charge < -0.3 is 10.2 Å². The second kappa shape index (κ2) is 5.59. The molecule has 2 N–H and O–H groups in total. The summed E-state index contributed by atoms with van der Waals surface area (Å²) < 4.78 is 0. The molecule has 4 aliphatic carbocycles. The van der Waals surface area contributed by atoms with Crippen molar-refractivity contribution in [1.82, 2.24) is 0 Å². The van der Waals surface area contributed by atoms with Crippen LogP contribution in [0.25, 0.3) is 0 Å². The van der Waals surface area contributed by atoms with Crippen molar-refractivity contribution in [2.24, 2.45) is 28.6 Å². The summed E-state index contributed by atoms with van der Waals surface area (Å²) in [5.41, 5.74) is 3.87. The third-order valence-electron chi connectivity index (χ3n) is 8.56. The zero-order chi connectivity index (χ0) is 16.2.